The van der Waals surface area contributed by atoms with Gasteiger partial charge in [-0.15, -0.1) is 0 Å². The van der Waals surface area contributed by atoms with Gasteiger partial charge in [-0.3, -0.25) is 9.29 Å². The summed E-state index contributed by atoms with van der Waals surface area (Å²) in [6.45, 7) is 1.93. The third-order valence-electron chi connectivity index (χ3n) is 2.26. The van der Waals surface area contributed by atoms with Gasteiger partial charge in [0.1, 0.15) is 0 Å². The molecule has 0 aromatic carbocycles. The van der Waals surface area contributed by atoms with E-state index < -0.39 is 0 Å². The number of hydrogen-bond donors (Lipinski definition) is 0. The van der Waals surface area contributed by atoms with Crippen molar-refractivity contribution >= 4 is 15.9 Å². The molecule has 66 valence electrons. The Hall–Kier alpha value is 0.370. The van der Waals surface area contributed by atoms with E-state index in [0.29, 0.717) is 12.5 Å². The number of alkyl halides is 2. The fourth-order valence-corrected chi connectivity index (χ4v) is 2.36. The standard InChI is InChI=1S/C8H15BrFN/c9-7-8-3-1-5-11(8)6-2-4-10/h8H,1-7H2. The van der Waals surface area contributed by atoms with E-state index in [1.54, 1.807) is 0 Å². The summed E-state index contributed by atoms with van der Waals surface area (Å²) in [5.74, 6) is 0. The zero-order valence-corrected chi connectivity index (χ0v) is 8.32. The first kappa shape index (κ1) is 9.46. The van der Waals surface area contributed by atoms with Crippen LogP contribution in [0.5, 0.6) is 0 Å². The van der Waals surface area contributed by atoms with Gasteiger partial charge in [0.25, 0.3) is 0 Å². The molecular formula is C8H15BrFN. The molecule has 1 nitrogen and oxygen atoms in total. The number of nitrogens with zero attached hydrogens (tertiary/aromatic N) is 1. The summed E-state index contributed by atoms with van der Waals surface area (Å²) < 4.78 is 11.8. The van der Waals surface area contributed by atoms with Crippen LogP contribution in [0.2, 0.25) is 0 Å². The van der Waals surface area contributed by atoms with E-state index in [4.69, 9.17) is 0 Å². The fraction of sp³-hybridized carbons (Fsp3) is 1.00. The van der Waals surface area contributed by atoms with Crippen molar-refractivity contribution in [3.63, 3.8) is 0 Å². The van der Waals surface area contributed by atoms with Gasteiger partial charge in [0.05, 0.1) is 6.67 Å². The Labute approximate surface area is 76.1 Å². The lowest BCUT2D eigenvalue weighted by atomic mass is 10.2. The second kappa shape index (κ2) is 5.09. The third-order valence-corrected chi connectivity index (χ3v) is 3.00. The van der Waals surface area contributed by atoms with Crippen molar-refractivity contribution in [3.05, 3.63) is 0 Å². The summed E-state index contributed by atoms with van der Waals surface area (Å²) in [4.78, 5) is 2.38. The summed E-state index contributed by atoms with van der Waals surface area (Å²) in [5.41, 5.74) is 0. The van der Waals surface area contributed by atoms with Crippen LogP contribution in [0.4, 0.5) is 4.39 Å². The lowest BCUT2D eigenvalue weighted by Crippen LogP contribution is -2.31. The first-order valence-corrected chi connectivity index (χ1v) is 5.36. The molecule has 0 saturated carbocycles. The Morgan fingerprint density at radius 3 is 3.00 bits per heavy atom. The summed E-state index contributed by atoms with van der Waals surface area (Å²) in [6.07, 6.45) is 3.25. The zero-order chi connectivity index (χ0) is 8.10. The summed E-state index contributed by atoms with van der Waals surface area (Å²) in [6, 6.07) is 0.668. The Bertz CT molecular complexity index is 110. The highest BCUT2D eigenvalue weighted by Gasteiger charge is 2.22. The van der Waals surface area contributed by atoms with Crippen LogP contribution in [0, 0.1) is 0 Å². The predicted molar refractivity (Wildman–Crippen MR) is 49.0 cm³/mol. The SMILES string of the molecule is FCCCN1CCCC1CBr. The Morgan fingerprint density at radius 2 is 2.36 bits per heavy atom. The normalized spacial score (nSPS) is 26.2. The summed E-state index contributed by atoms with van der Waals surface area (Å²) >= 11 is 3.47. The molecule has 1 atom stereocenters. The van der Waals surface area contributed by atoms with E-state index in [1.807, 2.05) is 0 Å². The maximum absolute atomic E-state index is 11.8. The average Bonchev–Trinajstić information content (AvgIpc) is 2.47. The van der Waals surface area contributed by atoms with Crippen LogP contribution < -0.4 is 0 Å². The maximum Gasteiger partial charge on any atom is 0.0906 e. The molecule has 0 aromatic rings. The van der Waals surface area contributed by atoms with Crippen molar-refractivity contribution in [2.75, 3.05) is 25.1 Å². The first-order chi connectivity index (χ1) is 5.38. The molecule has 0 N–H and O–H groups in total. The Kier molecular flexibility index (Phi) is 4.38. The van der Waals surface area contributed by atoms with E-state index >= 15 is 0 Å². The molecular weight excluding hydrogens is 209 g/mol. The summed E-state index contributed by atoms with van der Waals surface area (Å²) in [7, 11) is 0. The van der Waals surface area contributed by atoms with Crippen molar-refractivity contribution in [3.8, 4) is 0 Å². The molecule has 1 rings (SSSR count). The quantitative estimate of drug-likeness (QED) is 0.661. The van der Waals surface area contributed by atoms with Crippen LogP contribution in [-0.2, 0) is 0 Å². The molecule has 0 aromatic heterocycles. The molecule has 0 aliphatic carbocycles. The number of hydrogen-bond acceptors (Lipinski definition) is 1. The van der Waals surface area contributed by atoms with Gasteiger partial charge in [-0.2, -0.15) is 0 Å². The monoisotopic (exact) mass is 223 g/mol. The highest BCUT2D eigenvalue weighted by Crippen LogP contribution is 2.18. The van der Waals surface area contributed by atoms with Crippen LogP contribution in [0.15, 0.2) is 0 Å². The van der Waals surface area contributed by atoms with Crippen LogP contribution in [-0.4, -0.2) is 36.0 Å². The molecule has 1 aliphatic heterocycles. The lowest BCUT2D eigenvalue weighted by molar-refractivity contribution is 0.258. The largest absolute Gasteiger partial charge is 0.299 e. The highest BCUT2D eigenvalue weighted by molar-refractivity contribution is 9.09. The van der Waals surface area contributed by atoms with Gasteiger partial charge in [0.2, 0.25) is 0 Å². The second-order valence-electron chi connectivity index (χ2n) is 3.03. The molecule has 11 heavy (non-hydrogen) atoms. The van der Waals surface area contributed by atoms with Gasteiger partial charge in [0, 0.05) is 17.9 Å². The molecule has 1 saturated heterocycles. The van der Waals surface area contributed by atoms with Crippen LogP contribution in [0.1, 0.15) is 19.3 Å². The molecule has 0 amide bonds. The maximum atomic E-state index is 11.8. The molecule has 0 radical (unpaired) electrons. The van der Waals surface area contributed by atoms with E-state index in [-0.39, 0.29) is 6.67 Å². The van der Waals surface area contributed by atoms with Crippen LogP contribution in [0.25, 0.3) is 0 Å². The number of rotatable bonds is 4. The van der Waals surface area contributed by atoms with Crippen LogP contribution in [0.3, 0.4) is 0 Å². The molecule has 0 spiro atoms. The third kappa shape index (κ3) is 2.71. The minimum Gasteiger partial charge on any atom is -0.299 e. The number of likely N-dealkylation sites (tertiary alicyclic amines) is 1. The van der Waals surface area contributed by atoms with E-state index in [2.05, 4.69) is 20.8 Å². The van der Waals surface area contributed by atoms with Gasteiger partial charge in [0.15, 0.2) is 0 Å². The fourth-order valence-electron chi connectivity index (χ4n) is 1.63. The van der Waals surface area contributed by atoms with E-state index in [1.165, 1.54) is 12.8 Å². The average molecular weight is 224 g/mol. The van der Waals surface area contributed by atoms with Gasteiger partial charge in [-0.1, -0.05) is 15.9 Å². The minimum atomic E-state index is -0.175. The summed E-state index contributed by atoms with van der Waals surface area (Å²) in [5, 5.41) is 1.04. The van der Waals surface area contributed by atoms with Gasteiger partial charge in [-0.05, 0) is 25.8 Å². The smallest absolute Gasteiger partial charge is 0.0906 e. The van der Waals surface area contributed by atoms with Gasteiger partial charge >= 0.3 is 0 Å². The second-order valence-corrected chi connectivity index (χ2v) is 3.68. The molecule has 1 aliphatic rings. The highest BCUT2D eigenvalue weighted by atomic mass is 79.9. The van der Waals surface area contributed by atoms with Gasteiger partial charge in [-0.25, -0.2) is 0 Å². The molecule has 1 fully saturated rings. The van der Waals surface area contributed by atoms with Crippen molar-refractivity contribution in [2.45, 2.75) is 25.3 Å². The molecule has 1 unspecified atom stereocenters. The van der Waals surface area contributed by atoms with Crippen molar-refractivity contribution in [1.82, 2.24) is 4.90 Å². The van der Waals surface area contributed by atoms with E-state index in [0.717, 1.165) is 18.4 Å². The lowest BCUT2D eigenvalue weighted by Gasteiger charge is -2.21. The van der Waals surface area contributed by atoms with Crippen molar-refractivity contribution < 1.29 is 4.39 Å². The van der Waals surface area contributed by atoms with Crippen molar-refractivity contribution in [1.29, 1.82) is 0 Å². The molecule has 0 bridgehead atoms. The Balaban J connectivity index is 2.20. The topological polar surface area (TPSA) is 3.24 Å². The molecule has 1 heterocycles. The Morgan fingerprint density at radius 1 is 1.55 bits per heavy atom. The predicted octanol–water partition coefficient (Wildman–Crippen LogP) is 2.21. The number of halogens is 2. The van der Waals surface area contributed by atoms with Gasteiger partial charge < -0.3 is 0 Å². The first-order valence-electron chi connectivity index (χ1n) is 4.24. The van der Waals surface area contributed by atoms with E-state index in [9.17, 15) is 4.39 Å². The van der Waals surface area contributed by atoms with Crippen molar-refractivity contribution in [2.24, 2.45) is 0 Å². The zero-order valence-electron chi connectivity index (χ0n) is 6.73. The molecule has 3 heteroatoms. The van der Waals surface area contributed by atoms with Crippen LogP contribution >= 0.6 is 15.9 Å². The minimum absolute atomic E-state index is 0.175.